The number of thiazole rings is 1. The van der Waals surface area contributed by atoms with Gasteiger partial charge in [0.2, 0.25) is 0 Å². The van der Waals surface area contributed by atoms with Crippen LogP contribution in [0.25, 0.3) is 0 Å². The van der Waals surface area contributed by atoms with Crippen molar-refractivity contribution >= 4 is 28.8 Å². The molecule has 4 rings (SSSR count). The molecule has 0 unspecified atom stereocenters. The number of furan rings is 1. The number of amides is 2. The molecule has 1 N–H and O–H groups in total. The molecule has 0 atom stereocenters. The quantitative estimate of drug-likeness (QED) is 0.520. The predicted octanol–water partition coefficient (Wildman–Crippen LogP) is 4.49. The van der Waals surface area contributed by atoms with Crippen LogP contribution in [0.5, 0.6) is 0 Å². The average molecular weight is 417 g/mol. The lowest BCUT2D eigenvalue weighted by atomic mass is 10.1. The molecule has 7 heteroatoms. The maximum absolute atomic E-state index is 12.6. The summed E-state index contributed by atoms with van der Waals surface area (Å²) in [4.78, 5) is 29.5. The molecule has 2 amide bonds. The largest absolute Gasteiger partial charge is 0.459 e. The molecule has 150 valence electrons. The van der Waals surface area contributed by atoms with Crippen molar-refractivity contribution in [2.75, 3.05) is 5.32 Å². The summed E-state index contributed by atoms with van der Waals surface area (Å²) < 4.78 is 7.01. The molecule has 0 bridgehead atoms. The highest BCUT2D eigenvalue weighted by Gasteiger charge is 2.10. The Morgan fingerprint density at radius 2 is 1.83 bits per heavy atom. The molecule has 30 heavy (non-hydrogen) atoms. The number of aromatic nitrogens is 1. The van der Waals surface area contributed by atoms with Gasteiger partial charge in [-0.05, 0) is 48.9 Å². The second-order valence-corrected chi connectivity index (χ2v) is 7.60. The summed E-state index contributed by atoms with van der Waals surface area (Å²) in [5.41, 5.74) is 3.36. The highest BCUT2D eigenvalue weighted by atomic mass is 32.1. The van der Waals surface area contributed by atoms with Gasteiger partial charge in [-0.2, -0.15) is 4.99 Å². The lowest BCUT2D eigenvalue weighted by molar-refractivity contribution is 0.0990. The Balaban J connectivity index is 1.47. The summed E-state index contributed by atoms with van der Waals surface area (Å²) in [6.07, 6.45) is 3.36. The van der Waals surface area contributed by atoms with Crippen LogP contribution in [-0.2, 0) is 6.54 Å². The molecule has 0 fully saturated rings. The van der Waals surface area contributed by atoms with Crippen LogP contribution in [0.1, 0.15) is 32.0 Å². The molecule has 2 heterocycles. The number of carbonyl (C=O) groups excluding carboxylic acids is 2. The lowest BCUT2D eigenvalue weighted by Crippen LogP contribution is -2.17. The summed E-state index contributed by atoms with van der Waals surface area (Å²) in [5.74, 6) is -0.459. The highest BCUT2D eigenvalue weighted by molar-refractivity contribution is 7.07. The third-order valence-corrected chi connectivity index (χ3v) is 5.26. The van der Waals surface area contributed by atoms with Crippen molar-refractivity contribution < 1.29 is 14.0 Å². The molecule has 6 nitrogen and oxygen atoms in total. The average Bonchev–Trinajstić information content (AvgIpc) is 3.43. The Morgan fingerprint density at radius 3 is 2.53 bits per heavy atom. The van der Waals surface area contributed by atoms with E-state index in [0.29, 0.717) is 22.6 Å². The minimum Gasteiger partial charge on any atom is -0.459 e. The zero-order valence-corrected chi connectivity index (χ0v) is 17.1. The van der Waals surface area contributed by atoms with Crippen molar-refractivity contribution in [3.8, 4) is 0 Å². The van der Waals surface area contributed by atoms with Crippen molar-refractivity contribution in [2.24, 2.45) is 4.99 Å². The normalized spacial score (nSPS) is 11.4. The number of hydrogen-bond donors (Lipinski definition) is 1. The van der Waals surface area contributed by atoms with Crippen LogP contribution in [-0.4, -0.2) is 16.4 Å². The van der Waals surface area contributed by atoms with E-state index in [9.17, 15) is 9.59 Å². The lowest BCUT2D eigenvalue weighted by Gasteiger charge is -2.05. The number of anilines is 1. The van der Waals surface area contributed by atoms with Gasteiger partial charge in [0.1, 0.15) is 0 Å². The molecule has 0 aliphatic rings. The molecule has 0 saturated heterocycles. The summed E-state index contributed by atoms with van der Waals surface area (Å²) >= 11 is 1.41. The maximum Gasteiger partial charge on any atom is 0.291 e. The Hall–Kier alpha value is -3.71. The van der Waals surface area contributed by atoms with E-state index in [1.54, 1.807) is 36.4 Å². The molecule has 0 aliphatic carbocycles. The van der Waals surface area contributed by atoms with Gasteiger partial charge in [0, 0.05) is 29.4 Å². The van der Waals surface area contributed by atoms with Gasteiger partial charge in [-0.1, -0.05) is 29.8 Å². The number of rotatable bonds is 5. The summed E-state index contributed by atoms with van der Waals surface area (Å²) in [6.45, 7) is 2.70. The fourth-order valence-electron chi connectivity index (χ4n) is 2.85. The van der Waals surface area contributed by atoms with Gasteiger partial charge in [0.05, 0.1) is 6.26 Å². The summed E-state index contributed by atoms with van der Waals surface area (Å²) in [6, 6.07) is 18.1. The standard InChI is InChI=1S/C23H19N3O3S/c1-16-4-6-17(7-5-16)15-26-12-14-30-23(26)25-21(27)18-8-10-19(11-9-18)24-22(28)20-3-2-13-29-20/h2-14H,15H2,1H3,(H,24,28). The van der Waals surface area contributed by atoms with Crippen LogP contribution in [0.3, 0.4) is 0 Å². The van der Waals surface area contributed by atoms with Crippen LogP contribution in [0.2, 0.25) is 0 Å². The molecule has 2 aromatic heterocycles. The zero-order valence-electron chi connectivity index (χ0n) is 16.2. The first-order valence-corrected chi connectivity index (χ1v) is 10.2. The smallest absolute Gasteiger partial charge is 0.291 e. The Kier molecular flexibility index (Phi) is 5.72. The van der Waals surface area contributed by atoms with E-state index < -0.39 is 0 Å². The maximum atomic E-state index is 12.6. The van der Waals surface area contributed by atoms with Gasteiger partial charge >= 0.3 is 0 Å². The van der Waals surface area contributed by atoms with Crippen molar-refractivity contribution in [3.05, 3.63) is 106 Å². The zero-order chi connectivity index (χ0) is 20.9. The summed E-state index contributed by atoms with van der Waals surface area (Å²) in [5, 5.41) is 4.63. The minimum absolute atomic E-state index is 0.223. The fourth-order valence-corrected chi connectivity index (χ4v) is 3.57. The third-order valence-electron chi connectivity index (χ3n) is 4.47. The van der Waals surface area contributed by atoms with Gasteiger partial charge in [-0.25, -0.2) is 0 Å². The van der Waals surface area contributed by atoms with Gasteiger partial charge in [-0.3, -0.25) is 9.59 Å². The van der Waals surface area contributed by atoms with E-state index >= 15 is 0 Å². The Bertz CT molecular complexity index is 1220. The molecule has 2 aromatic carbocycles. The van der Waals surface area contributed by atoms with E-state index in [0.717, 1.165) is 5.56 Å². The fraction of sp³-hybridized carbons (Fsp3) is 0.0870. The topological polar surface area (TPSA) is 76.6 Å². The van der Waals surface area contributed by atoms with Crippen molar-refractivity contribution in [2.45, 2.75) is 13.5 Å². The number of nitrogens with zero attached hydrogens (tertiary/aromatic N) is 2. The monoisotopic (exact) mass is 417 g/mol. The minimum atomic E-state index is -0.348. The SMILES string of the molecule is Cc1ccc(Cn2ccsc2=NC(=O)c2ccc(NC(=O)c3ccco3)cc2)cc1. The number of benzene rings is 2. The molecular formula is C23H19N3O3S. The van der Waals surface area contributed by atoms with Crippen LogP contribution in [0.15, 0.2) is 87.9 Å². The van der Waals surface area contributed by atoms with E-state index in [-0.39, 0.29) is 17.6 Å². The van der Waals surface area contributed by atoms with E-state index in [2.05, 4.69) is 41.5 Å². The van der Waals surface area contributed by atoms with Crippen LogP contribution < -0.4 is 10.1 Å². The first kappa shape index (κ1) is 19.6. The second kappa shape index (κ2) is 8.75. The van der Waals surface area contributed by atoms with Gasteiger partial charge in [-0.15, -0.1) is 11.3 Å². The molecule has 0 radical (unpaired) electrons. The third kappa shape index (κ3) is 4.64. The van der Waals surface area contributed by atoms with Crippen molar-refractivity contribution in [1.82, 2.24) is 4.57 Å². The highest BCUT2D eigenvalue weighted by Crippen LogP contribution is 2.13. The number of hydrogen-bond acceptors (Lipinski definition) is 4. The molecule has 0 spiro atoms. The van der Waals surface area contributed by atoms with E-state index in [4.69, 9.17) is 4.42 Å². The van der Waals surface area contributed by atoms with Gasteiger partial charge in [0.25, 0.3) is 11.8 Å². The van der Waals surface area contributed by atoms with Crippen molar-refractivity contribution in [1.29, 1.82) is 0 Å². The number of carbonyl (C=O) groups is 2. The van der Waals surface area contributed by atoms with E-state index in [1.165, 1.54) is 23.2 Å². The molecule has 0 aliphatic heterocycles. The number of nitrogens with one attached hydrogen (secondary N) is 1. The first-order valence-electron chi connectivity index (χ1n) is 9.32. The summed E-state index contributed by atoms with van der Waals surface area (Å²) in [7, 11) is 0. The van der Waals surface area contributed by atoms with Gasteiger partial charge in [0.15, 0.2) is 10.6 Å². The van der Waals surface area contributed by atoms with Crippen LogP contribution in [0.4, 0.5) is 5.69 Å². The number of aryl methyl sites for hydroxylation is 1. The Morgan fingerprint density at radius 1 is 1.07 bits per heavy atom. The van der Waals surface area contributed by atoms with Crippen molar-refractivity contribution in [3.63, 3.8) is 0 Å². The van der Waals surface area contributed by atoms with Crippen LogP contribution >= 0.6 is 11.3 Å². The van der Waals surface area contributed by atoms with Gasteiger partial charge < -0.3 is 14.3 Å². The molecule has 4 aromatic rings. The first-order chi connectivity index (χ1) is 14.6. The Labute approximate surface area is 177 Å². The predicted molar refractivity (Wildman–Crippen MR) is 116 cm³/mol. The molecule has 0 saturated carbocycles. The molecular weight excluding hydrogens is 398 g/mol. The van der Waals surface area contributed by atoms with E-state index in [1.807, 2.05) is 16.1 Å². The second-order valence-electron chi connectivity index (χ2n) is 6.72. The van der Waals surface area contributed by atoms with Crippen LogP contribution in [0, 0.1) is 6.92 Å².